The van der Waals surface area contributed by atoms with E-state index in [1.807, 2.05) is 25.7 Å². The van der Waals surface area contributed by atoms with Crippen molar-refractivity contribution in [1.29, 1.82) is 0 Å². The molecule has 2 aliphatic rings. The largest absolute Gasteiger partial charge is 0.468 e. The molecule has 0 aromatic carbocycles. The number of methoxy groups -OCH3 is 1. The lowest BCUT2D eigenvalue weighted by molar-refractivity contribution is -0.153. The summed E-state index contributed by atoms with van der Waals surface area (Å²) in [7, 11) is 1.31. The number of hydrogen-bond acceptors (Lipinski definition) is 6. The maximum atomic E-state index is 12.5. The lowest BCUT2D eigenvalue weighted by atomic mass is 9.93. The quantitative estimate of drug-likeness (QED) is 0.568. The highest BCUT2D eigenvalue weighted by Gasteiger charge is 2.48. The average molecular weight is 354 g/mol. The third-order valence-corrected chi connectivity index (χ3v) is 4.89. The van der Waals surface area contributed by atoms with Gasteiger partial charge in [-0.15, -0.1) is 0 Å². The van der Waals surface area contributed by atoms with Crippen molar-refractivity contribution in [3.05, 3.63) is 0 Å². The molecular formula is C18H30N2O5. The number of carbonyl (C=O) groups is 3. The minimum atomic E-state index is -0.874. The number of hydrogen-bond donors (Lipinski definition) is 0. The van der Waals surface area contributed by atoms with Crippen LogP contribution in [0, 0.1) is 0 Å². The van der Waals surface area contributed by atoms with Crippen LogP contribution in [-0.4, -0.2) is 71.6 Å². The Morgan fingerprint density at radius 3 is 2.36 bits per heavy atom. The van der Waals surface area contributed by atoms with Crippen LogP contribution in [0.2, 0.25) is 0 Å². The number of ether oxygens (including phenoxy) is 2. The van der Waals surface area contributed by atoms with Crippen LogP contribution in [0.5, 0.6) is 0 Å². The molecule has 2 fully saturated rings. The molecule has 0 aromatic heterocycles. The number of nitrogens with zero attached hydrogens (tertiary/aromatic N) is 2. The van der Waals surface area contributed by atoms with E-state index in [2.05, 4.69) is 0 Å². The van der Waals surface area contributed by atoms with Crippen LogP contribution in [0.3, 0.4) is 0 Å². The van der Waals surface area contributed by atoms with Gasteiger partial charge in [-0.3, -0.25) is 9.69 Å². The standard InChI is InChI=1S/C18H30N2O5/c1-6-14(21)15(16(22)24-5)19-10-7-8-12-13(19)9-11-20(12)17(23)25-18(2,3)4/h12-13,15H,6-11H2,1-5H3. The number of ketones is 1. The lowest BCUT2D eigenvalue weighted by Crippen LogP contribution is -2.59. The molecule has 1 amide bonds. The summed E-state index contributed by atoms with van der Waals surface area (Å²) >= 11 is 0. The van der Waals surface area contributed by atoms with Crippen molar-refractivity contribution in [3.8, 4) is 0 Å². The Labute approximate surface area is 149 Å². The molecule has 2 aliphatic heterocycles. The summed E-state index contributed by atoms with van der Waals surface area (Å²) in [4.78, 5) is 40.8. The van der Waals surface area contributed by atoms with Crippen LogP contribution in [-0.2, 0) is 19.1 Å². The predicted molar refractivity (Wildman–Crippen MR) is 92.2 cm³/mol. The molecule has 0 N–H and O–H groups in total. The van der Waals surface area contributed by atoms with Gasteiger partial charge in [0.05, 0.1) is 13.2 Å². The first-order valence-corrected chi connectivity index (χ1v) is 9.05. The van der Waals surface area contributed by atoms with Crippen molar-refractivity contribution < 1.29 is 23.9 Å². The van der Waals surface area contributed by atoms with E-state index in [9.17, 15) is 14.4 Å². The van der Waals surface area contributed by atoms with Gasteiger partial charge in [-0.1, -0.05) is 6.92 Å². The zero-order chi connectivity index (χ0) is 18.8. The van der Waals surface area contributed by atoms with Crippen LogP contribution in [0.1, 0.15) is 53.4 Å². The number of likely N-dealkylation sites (tertiary alicyclic amines) is 2. The van der Waals surface area contributed by atoms with Gasteiger partial charge in [0.15, 0.2) is 11.8 Å². The van der Waals surface area contributed by atoms with Gasteiger partial charge >= 0.3 is 12.1 Å². The fourth-order valence-corrected chi connectivity index (χ4v) is 3.85. The summed E-state index contributed by atoms with van der Waals surface area (Å²) in [5, 5.41) is 0. The topological polar surface area (TPSA) is 76.2 Å². The molecule has 2 rings (SSSR count). The second-order valence-corrected chi connectivity index (χ2v) is 7.72. The van der Waals surface area contributed by atoms with E-state index < -0.39 is 17.6 Å². The van der Waals surface area contributed by atoms with Crippen LogP contribution in [0.25, 0.3) is 0 Å². The van der Waals surface area contributed by atoms with E-state index in [4.69, 9.17) is 9.47 Å². The summed E-state index contributed by atoms with van der Waals surface area (Å²) in [6.45, 7) is 8.53. The zero-order valence-electron chi connectivity index (χ0n) is 15.9. The van der Waals surface area contributed by atoms with Gasteiger partial charge in [-0.05, 0) is 46.6 Å². The minimum Gasteiger partial charge on any atom is -0.468 e. The number of carbonyl (C=O) groups excluding carboxylic acids is 3. The molecule has 0 radical (unpaired) electrons. The van der Waals surface area contributed by atoms with Crippen molar-refractivity contribution in [1.82, 2.24) is 9.80 Å². The average Bonchev–Trinajstić information content (AvgIpc) is 2.98. The van der Waals surface area contributed by atoms with Gasteiger partial charge < -0.3 is 14.4 Å². The van der Waals surface area contributed by atoms with Gasteiger partial charge in [0.2, 0.25) is 0 Å². The molecule has 3 unspecified atom stereocenters. The Morgan fingerprint density at radius 2 is 1.80 bits per heavy atom. The molecule has 3 atom stereocenters. The van der Waals surface area contributed by atoms with Crippen molar-refractivity contribution in [2.24, 2.45) is 0 Å². The third kappa shape index (κ3) is 4.32. The summed E-state index contributed by atoms with van der Waals surface area (Å²) in [5.74, 6) is -0.647. The second kappa shape index (κ2) is 7.72. The molecule has 0 saturated carbocycles. The number of rotatable bonds is 4. The normalized spacial score (nSPS) is 25.2. The zero-order valence-corrected chi connectivity index (χ0v) is 15.9. The molecule has 2 heterocycles. The number of fused-ring (bicyclic) bond motifs is 1. The Hall–Kier alpha value is -1.63. The molecule has 142 valence electrons. The Morgan fingerprint density at radius 1 is 1.12 bits per heavy atom. The first kappa shape index (κ1) is 19.7. The number of Topliss-reactive ketones (excluding diaryl/α,β-unsaturated/α-hetero) is 1. The van der Waals surface area contributed by atoms with Crippen molar-refractivity contribution in [3.63, 3.8) is 0 Å². The minimum absolute atomic E-state index is 0.0131. The van der Waals surface area contributed by atoms with Crippen molar-refractivity contribution in [2.75, 3.05) is 20.2 Å². The van der Waals surface area contributed by atoms with E-state index in [1.54, 1.807) is 11.8 Å². The second-order valence-electron chi connectivity index (χ2n) is 7.72. The molecule has 7 heteroatoms. The van der Waals surface area contributed by atoms with Gasteiger partial charge in [-0.2, -0.15) is 0 Å². The van der Waals surface area contributed by atoms with Gasteiger partial charge in [0, 0.05) is 19.0 Å². The van der Waals surface area contributed by atoms with Crippen molar-refractivity contribution >= 4 is 17.8 Å². The van der Waals surface area contributed by atoms with Crippen LogP contribution in [0.4, 0.5) is 4.79 Å². The molecular weight excluding hydrogens is 324 g/mol. The summed E-state index contributed by atoms with van der Waals surface area (Å²) in [5.41, 5.74) is -0.545. The summed E-state index contributed by atoms with van der Waals surface area (Å²) < 4.78 is 10.4. The van der Waals surface area contributed by atoms with E-state index in [-0.39, 0.29) is 30.4 Å². The molecule has 0 aliphatic carbocycles. The fraction of sp³-hybridized carbons (Fsp3) is 0.833. The van der Waals surface area contributed by atoms with E-state index in [0.717, 1.165) is 19.3 Å². The van der Waals surface area contributed by atoms with E-state index in [0.29, 0.717) is 13.1 Å². The SMILES string of the molecule is CCC(=O)C(C(=O)OC)N1CCCC2C1CCN2C(=O)OC(C)(C)C. The Bertz CT molecular complexity index is 512. The van der Waals surface area contributed by atoms with E-state index in [1.165, 1.54) is 7.11 Å². The maximum Gasteiger partial charge on any atom is 0.410 e. The molecule has 0 bridgehead atoms. The van der Waals surface area contributed by atoms with Crippen LogP contribution in [0.15, 0.2) is 0 Å². The van der Waals surface area contributed by atoms with E-state index >= 15 is 0 Å². The molecule has 25 heavy (non-hydrogen) atoms. The lowest BCUT2D eigenvalue weighted by Gasteiger charge is -2.42. The molecule has 0 aromatic rings. The van der Waals surface area contributed by atoms with Gasteiger partial charge in [0.1, 0.15) is 5.60 Å². The maximum absolute atomic E-state index is 12.5. The molecule has 2 saturated heterocycles. The highest BCUT2D eigenvalue weighted by atomic mass is 16.6. The third-order valence-electron chi connectivity index (χ3n) is 4.89. The van der Waals surface area contributed by atoms with Crippen molar-refractivity contribution in [2.45, 2.75) is 77.1 Å². The van der Waals surface area contributed by atoms with Crippen LogP contribution >= 0.6 is 0 Å². The summed E-state index contributed by atoms with van der Waals surface area (Å²) in [6, 6.07) is -0.914. The number of amides is 1. The van der Waals surface area contributed by atoms with Crippen LogP contribution < -0.4 is 0 Å². The first-order chi connectivity index (χ1) is 11.7. The highest BCUT2D eigenvalue weighted by Crippen LogP contribution is 2.33. The Kier molecular flexibility index (Phi) is 6.08. The summed E-state index contributed by atoms with van der Waals surface area (Å²) in [6.07, 6.45) is 2.37. The Balaban J connectivity index is 2.18. The first-order valence-electron chi connectivity index (χ1n) is 9.05. The number of piperidine rings is 1. The monoisotopic (exact) mass is 354 g/mol. The predicted octanol–water partition coefficient (Wildman–Crippen LogP) is 1.98. The fourth-order valence-electron chi connectivity index (χ4n) is 3.85. The highest BCUT2D eigenvalue weighted by molar-refractivity contribution is 6.03. The molecule has 0 spiro atoms. The smallest absolute Gasteiger partial charge is 0.410 e. The van der Waals surface area contributed by atoms with Gasteiger partial charge in [0.25, 0.3) is 0 Å². The van der Waals surface area contributed by atoms with Gasteiger partial charge in [-0.25, -0.2) is 9.59 Å². The number of esters is 1. The molecule has 7 nitrogen and oxygen atoms in total.